The molecule has 4 nitrogen and oxygen atoms in total. The summed E-state index contributed by atoms with van der Waals surface area (Å²) in [4.78, 5) is 0. The van der Waals surface area contributed by atoms with Gasteiger partial charge < -0.3 is 20.3 Å². The Bertz CT molecular complexity index is 450. The van der Waals surface area contributed by atoms with E-state index in [1.807, 2.05) is 19.1 Å². The van der Waals surface area contributed by atoms with Gasteiger partial charge >= 0.3 is 0 Å². The first kappa shape index (κ1) is 17.1. The van der Waals surface area contributed by atoms with Crippen LogP contribution in [0.25, 0.3) is 0 Å². The normalized spacial score (nSPS) is 17.4. The summed E-state index contributed by atoms with van der Waals surface area (Å²) in [5, 5.41) is 23.1. The third-order valence-electron chi connectivity index (χ3n) is 4.75. The number of aliphatic hydroxyl groups is 1. The van der Waals surface area contributed by atoms with Crippen molar-refractivity contribution in [1.82, 2.24) is 5.32 Å². The van der Waals surface area contributed by atoms with Crippen molar-refractivity contribution < 1.29 is 14.9 Å². The van der Waals surface area contributed by atoms with Crippen LogP contribution < -0.4 is 10.1 Å². The number of aliphatic hydroxyl groups excluding tert-OH is 1. The number of para-hydroxylation sites is 1. The summed E-state index contributed by atoms with van der Waals surface area (Å²) in [7, 11) is 0. The Balaban J connectivity index is 1.93. The average Bonchev–Trinajstić information content (AvgIpc) is 2.52. The number of benzene rings is 1. The highest BCUT2D eigenvalue weighted by Gasteiger charge is 2.30. The van der Waals surface area contributed by atoms with Crippen molar-refractivity contribution in [2.45, 2.75) is 52.0 Å². The molecule has 22 heavy (non-hydrogen) atoms. The van der Waals surface area contributed by atoms with Crippen LogP contribution in [0, 0.1) is 5.41 Å². The average molecular weight is 307 g/mol. The molecule has 0 saturated heterocycles. The third kappa shape index (κ3) is 4.37. The lowest BCUT2D eigenvalue weighted by Crippen LogP contribution is -2.36. The van der Waals surface area contributed by atoms with Crippen molar-refractivity contribution in [2.24, 2.45) is 5.41 Å². The van der Waals surface area contributed by atoms with Crippen molar-refractivity contribution in [3.05, 3.63) is 23.8 Å². The molecule has 0 heterocycles. The highest BCUT2D eigenvalue weighted by molar-refractivity contribution is 5.45. The minimum absolute atomic E-state index is 0.222. The Morgan fingerprint density at radius 1 is 1.23 bits per heavy atom. The summed E-state index contributed by atoms with van der Waals surface area (Å²) >= 11 is 0. The topological polar surface area (TPSA) is 61.7 Å². The molecule has 0 radical (unpaired) electrons. The van der Waals surface area contributed by atoms with Crippen LogP contribution in [-0.4, -0.2) is 30.0 Å². The van der Waals surface area contributed by atoms with Crippen molar-refractivity contribution in [1.29, 1.82) is 0 Å². The molecule has 0 spiro atoms. The molecule has 1 aromatic rings. The van der Waals surface area contributed by atoms with E-state index in [0.29, 0.717) is 18.9 Å². The lowest BCUT2D eigenvalue weighted by Gasteiger charge is -2.37. The predicted octanol–water partition coefficient (Wildman–Crippen LogP) is 3.21. The van der Waals surface area contributed by atoms with Gasteiger partial charge in [0, 0.05) is 25.3 Å². The second-order valence-electron chi connectivity index (χ2n) is 6.33. The smallest absolute Gasteiger partial charge is 0.162 e. The van der Waals surface area contributed by atoms with Crippen molar-refractivity contribution >= 4 is 0 Å². The molecule has 0 aliphatic heterocycles. The SMILES string of the molecule is CCOc1cccc(CNCC2(CCO)CCCCC2)c1O. The first-order valence-electron chi connectivity index (χ1n) is 8.46. The Morgan fingerprint density at radius 3 is 2.68 bits per heavy atom. The Morgan fingerprint density at radius 2 is 2.00 bits per heavy atom. The van der Waals surface area contributed by atoms with Crippen molar-refractivity contribution in [3.8, 4) is 11.5 Å². The van der Waals surface area contributed by atoms with Gasteiger partial charge in [-0.05, 0) is 37.7 Å². The molecule has 1 saturated carbocycles. The molecule has 2 rings (SSSR count). The van der Waals surface area contributed by atoms with Crippen LogP contribution >= 0.6 is 0 Å². The quantitative estimate of drug-likeness (QED) is 0.690. The molecule has 0 bridgehead atoms. The molecule has 0 aromatic heterocycles. The molecule has 1 aliphatic carbocycles. The predicted molar refractivity (Wildman–Crippen MR) is 88.2 cm³/mol. The Kier molecular flexibility index (Phi) is 6.52. The maximum absolute atomic E-state index is 10.2. The number of ether oxygens (including phenoxy) is 1. The van der Waals surface area contributed by atoms with E-state index in [9.17, 15) is 10.2 Å². The molecule has 0 atom stereocenters. The Labute approximate surface area is 133 Å². The number of phenolic OH excluding ortho intramolecular Hbond substituents is 1. The minimum Gasteiger partial charge on any atom is -0.504 e. The number of hydrogen-bond donors (Lipinski definition) is 3. The molecule has 1 aromatic carbocycles. The van der Waals surface area contributed by atoms with Gasteiger partial charge in [-0.1, -0.05) is 31.4 Å². The van der Waals surface area contributed by atoms with Crippen LogP contribution in [-0.2, 0) is 6.54 Å². The van der Waals surface area contributed by atoms with E-state index in [0.717, 1.165) is 18.5 Å². The first-order valence-corrected chi connectivity index (χ1v) is 8.46. The number of rotatable bonds is 8. The van der Waals surface area contributed by atoms with Gasteiger partial charge in [-0.25, -0.2) is 0 Å². The highest BCUT2D eigenvalue weighted by Crippen LogP contribution is 2.38. The first-order chi connectivity index (χ1) is 10.7. The van der Waals surface area contributed by atoms with Gasteiger partial charge in [0.05, 0.1) is 6.61 Å². The van der Waals surface area contributed by atoms with E-state index in [4.69, 9.17) is 4.74 Å². The molecule has 3 N–H and O–H groups in total. The zero-order valence-electron chi connectivity index (χ0n) is 13.6. The lowest BCUT2D eigenvalue weighted by atomic mass is 9.72. The summed E-state index contributed by atoms with van der Waals surface area (Å²) in [6.07, 6.45) is 7.06. The number of hydrogen-bond acceptors (Lipinski definition) is 4. The maximum Gasteiger partial charge on any atom is 0.162 e. The molecule has 1 fully saturated rings. The summed E-state index contributed by atoms with van der Waals surface area (Å²) in [5.74, 6) is 0.779. The van der Waals surface area contributed by atoms with Gasteiger partial charge in [0.1, 0.15) is 0 Å². The minimum atomic E-state index is 0.222. The van der Waals surface area contributed by atoms with Gasteiger partial charge in [0.25, 0.3) is 0 Å². The summed E-state index contributed by atoms with van der Waals surface area (Å²) < 4.78 is 5.42. The summed E-state index contributed by atoms with van der Waals surface area (Å²) in [5.41, 5.74) is 1.08. The molecule has 124 valence electrons. The van der Waals surface area contributed by atoms with Gasteiger partial charge in [-0.2, -0.15) is 0 Å². The zero-order chi connectivity index (χ0) is 15.8. The molecule has 4 heteroatoms. The van der Waals surface area contributed by atoms with Crippen LogP contribution in [0.2, 0.25) is 0 Å². The van der Waals surface area contributed by atoms with E-state index in [1.165, 1.54) is 32.1 Å². The molecule has 1 aliphatic rings. The van der Waals surface area contributed by atoms with E-state index in [-0.39, 0.29) is 17.8 Å². The van der Waals surface area contributed by atoms with E-state index >= 15 is 0 Å². The van der Waals surface area contributed by atoms with Crippen molar-refractivity contribution in [3.63, 3.8) is 0 Å². The largest absolute Gasteiger partial charge is 0.504 e. The van der Waals surface area contributed by atoms with E-state index < -0.39 is 0 Å². The lowest BCUT2D eigenvalue weighted by molar-refractivity contribution is 0.126. The molecule has 0 unspecified atom stereocenters. The third-order valence-corrected chi connectivity index (χ3v) is 4.75. The fraction of sp³-hybridized carbons (Fsp3) is 0.667. The summed E-state index contributed by atoms with van der Waals surface area (Å²) in [6, 6.07) is 5.62. The van der Waals surface area contributed by atoms with Gasteiger partial charge in [-0.15, -0.1) is 0 Å². The second kappa shape index (κ2) is 8.39. The second-order valence-corrected chi connectivity index (χ2v) is 6.33. The Hall–Kier alpha value is -1.26. The van der Waals surface area contributed by atoms with Crippen LogP contribution in [0.1, 0.15) is 51.0 Å². The monoisotopic (exact) mass is 307 g/mol. The van der Waals surface area contributed by atoms with E-state index in [2.05, 4.69) is 5.32 Å². The fourth-order valence-electron chi connectivity index (χ4n) is 3.50. The number of nitrogens with one attached hydrogen (secondary N) is 1. The van der Waals surface area contributed by atoms with Crippen LogP contribution in [0.4, 0.5) is 0 Å². The molecule has 0 amide bonds. The summed E-state index contributed by atoms with van der Waals surface area (Å²) in [6.45, 7) is 4.23. The fourth-order valence-corrected chi connectivity index (χ4v) is 3.50. The molecular weight excluding hydrogens is 278 g/mol. The number of aromatic hydroxyl groups is 1. The molecular formula is C18H29NO3. The maximum atomic E-state index is 10.2. The van der Waals surface area contributed by atoms with Gasteiger partial charge in [0.2, 0.25) is 0 Å². The standard InChI is InChI=1S/C18H29NO3/c1-2-22-16-8-6-7-15(17(16)21)13-19-14-18(11-12-20)9-4-3-5-10-18/h6-8,19-21H,2-5,9-14H2,1H3. The number of phenols is 1. The highest BCUT2D eigenvalue weighted by atomic mass is 16.5. The van der Waals surface area contributed by atoms with E-state index in [1.54, 1.807) is 6.07 Å². The zero-order valence-corrected chi connectivity index (χ0v) is 13.6. The van der Waals surface area contributed by atoms with Crippen molar-refractivity contribution in [2.75, 3.05) is 19.8 Å². The van der Waals surface area contributed by atoms with Gasteiger partial charge in [0.15, 0.2) is 11.5 Å². The van der Waals surface area contributed by atoms with Crippen LogP contribution in [0.3, 0.4) is 0 Å². The van der Waals surface area contributed by atoms with Crippen LogP contribution in [0.15, 0.2) is 18.2 Å². The van der Waals surface area contributed by atoms with Gasteiger partial charge in [-0.3, -0.25) is 0 Å². The van der Waals surface area contributed by atoms with Crippen LogP contribution in [0.5, 0.6) is 11.5 Å².